The maximum Gasteiger partial charge on any atom is 0.336 e. The van der Waals surface area contributed by atoms with Gasteiger partial charge in [-0.2, -0.15) is 0 Å². The van der Waals surface area contributed by atoms with Gasteiger partial charge in [0.1, 0.15) is 19.0 Å². The lowest BCUT2D eigenvalue weighted by Crippen LogP contribution is -2.35. The fourth-order valence-electron chi connectivity index (χ4n) is 4.74. The van der Waals surface area contributed by atoms with Gasteiger partial charge in [-0.05, 0) is 51.8 Å². The van der Waals surface area contributed by atoms with Crippen LogP contribution in [0.3, 0.4) is 0 Å². The van der Waals surface area contributed by atoms with Crippen LogP contribution in [0.2, 0.25) is 0 Å². The minimum atomic E-state index is -0.625. The molecule has 2 aromatic carbocycles. The van der Waals surface area contributed by atoms with Crippen LogP contribution in [-0.2, 0) is 14.3 Å². The van der Waals surface area contributed by atoms with Gasteiger partial charge in [0.15, 0.2) is 17.3 Å². The molecule has 36 heavy (non-hydrogen) atoms. The van der Waals surface area contributed by atoms with Crippen molar-refractivity contribution in [2.24, 2.45) is 0 Å². The van der Waals surface area contributed by atoms with Gasteiger partial charge in [0.05, 0.1) is 24.7 Å². The topological polar surface area (TPSA) is 83.1 Å². The Morgan fingerprint density at radius 3 is 2.56 bits per heavy atom. The summed E-state index contributed by atoms with van der Waals surface area (Å²) in [6, 6.07) is 14.9. The molecule has 1 atom stereocenters. The summed E-state index contributed by atoms with van der Waals surface area (Å²) in [4.78, 5) is 26.7. The smallest absolute Gasteiger partial charge is 0.336 e. The Balaban J connectivity index is 1.68. The van der Waals surface area contributed by atoms with E-state index >= 15 is 0 Å². The van der Waals surface area contributed by atoms with E-state index in [9.17, 15) is 9.59 Å². The Morgan fingerprint density at radius 1 is 1.06 bits per heavy atom. The van der Waals surface area contributed by atoms with Gasteiger partial charge in [-0.15, -0.1) is 0 Å². The number of dihydropyridines is 1. The number of para-hydroxylation sites is 2. The number of ketones is 1. The van der Waals surface area contributed by atoms with E-state index in [0.717, 1.165) is 18.5 Å². The zero-order chi connectivity index (χ0) is 25.7. The highest BCUT2D eigenvalue weighted by Crippen LogP contribution is 2.47. The molecular weight excluding hydrogens is 458 g/mol. The molecule has 0 fully saturated rings. The van der Waals surface area contributed by atoms with E-state index in [1.54, 1.807) is 7.11 Å². The highest BCUT2D eigenvalue weighted by Gasteiger charge is 2.41. The van der Waals surface area contributed by atoms with Crippen molar-refractivity contribution in [3.63, 3.8) is 0 Å². The molecule has 2 aromatic rings. The monoisotopic (exact) mass is 491 g/mol. The Hall–Kier alpha value is -3.74. The average Bonchev–Trinajstić information content (AvgIpc) is 2.86. The SMILES string of the molecule is COc1cccc([C@H]2C(C(=O)OCCOc3ccccc3)=C(C)NC3=C2C(=O)CCC3)c1OC(C)C. The van der Waals surface area contributed by atoms with Crippen LogP contribution in [0.1, 0.15) is 51.5 Å². The zero-order valence-corrected chi connectivity index (χ0v) is 21.3. The van der Waals surface area contributed by atoms with Crippen LogP contribution in [0.25, 0.3) is 0 Å². The van der Waals surface area contributed by atoms with Crippen LogP contribution in [0.15, 0.2) is 71.1 Å². The average molecular weight is 492 g/mol. The molecule has 0 spiro atoms. The van der Waals surface area contributed by atoms with E-state index < -0.39 is 11.9 Å². The second-order valence-corrected chi connectivity index (χ2v) is 9.11. The number of methoxy groups -OCH3 is 1. The van der Waals surface area contributed by atoms with Crippen LogP contribution in [-0.4, -0.2) is 38.2 Å². The molecule has 0 bridgehead atoms. The molecule has 7 heteroatoms. The number of carbonyl (C=O) groups excluding carboxylic acids is 2. The summed E-state index contributed by atoms with van der Waals surface area (Å²) in [7, 11) is 1.58. The Morgan fingerprint density at radius 2 is 1.83 bits per heavy atom. The number of hydrogen-bond donors (Lipinski definition) is 1. The minimum absolute atomic E-state index is 0.0253. The number of rotatable bonds is 9. The number of ether oxygens (including phenoxy) is 4. The van der Waals surface area contributed by atoms with Crippen LogP contribution < -0.4 is 19.5 Å². The lowest BCUT2D eigenvalue weighted by molar-refractivity contribution is -0.140. The summed E-state index contributed by atoms with van der Waals surface area (Å²) in [6.07, 6.45) is 1.82. The first-order chi connectivity index (χ1) is 17.4. The van der Waals surface area contributed by atoms with E-state index in [1.165, 1.54) is 0 Å². The molecule has 1 heterocycles. The molecule has 0 unspecified atom stereocenters. The standard InChI is InChI=1S/C29H33NO6/c1-18(2)36-28-21(12-8-15-24(28)33-4)26-25(19(3)30-22-13-9-14-23(31)27(22)26)29(32)35-17-16-34-20-10-6-5-7-11-20/h5-8,10-12,15,18,26,30H,9,13-14,16-17H2,1-4H3/t26-/m0/s1. The molecule has 4 rings (SSSR count). The molecule has 7 nitrogen and oxygen atoms in total. The lowest BCUT2D eigenvalue weighted by atomic mass is 9.75. The van der Waals surface area contributed by atoms with Gasteiger partial charge < -0.3 is 24.3 Å². The molecule has 1 aliphatic heterocycles. The van der Waals surface area contributed by atoms with Gasteiger partial charge in [-0.1, -0.05) is 30.3 Å². The van der Waals surface area contributed by atoms with Crippen molar-refractivity contribution in [3.8, 4) is 17.2 Å². The Kier molecular flexibility index (Phi) is 7.98. The van der Waals surface area contributed by atoms with Crippen molar-refractivity contribution < 1.29 is 28.5 Å². The van der Waals surface area contributed by atoms with Crippen LogP contribution in [0.5, 0.6) is 17.2 Å². The fourth-order valence-corrected chi connectivity index (χ4v) is 4.74. The van der Waals surface area contributed by atoms with Gasteiger partial charge in [0.2, 0.25) is 0 Å². The van der Waals surface area contributed by atoms with E-state index in [0.29, 0.717) is 46.1 Å². The molecule has 1 aliphatic carbocycles. The summed E-state index contributed by atoms with van der Waals surface area (Å²) < 4.78 is 23.1. The highest BCUT2D eigenvalue weighted by molar-refractivity contribution is 6.04. The van der Waals surface area contributed by atoms with Crippen molar-refractivity contribution in [3.05, 3.63) is 76.6 Å². The molecule has 0 radical (unpaired) electrons. The maximum atomic E-state index is 13.5. The van der Waals surface area contributed by atoms with Crippen molar-refractivity contribution in [2.45, 2.75) is 52.1 Å². The number of hydrogen-bond acceptors (Lipinski definition) is 7. The number of Topliss-reactive ketones (excluding diaryl/α,β-unsaturated/α-hetero) is 1. The van der Waals surface area contributed by atoms with Gasteiger partial charge in [-0.3, -0.25) is 4.79 Å². The number of nitrogens with one attached hydrogen (secondary N) is 1. The fraction of sp³-hybridized carbons (Fsp3) is 0.379. The third-order valence-electron chi connectivity index (χ3n) is 6.22. The summed E-state index contributed by atoms with van der Waals surface area (Å²) >= 11 is 0. The molecule has 0 aromatic heterocycles. The summed E-state index contributed by atoms with van der Waals surface area (Å²) in [5.41, 5.74) is 3.22. The summed E-state index contributed by atoms with van der Waals surface area (Å²) in [5, 5.41) is 3.32. The van der Waals surface area contributed by atoms with Gasteiger partial charge in [0, 0.05) is 29.0 Å². The van der Waals surface area contributed by atoms with Gasteiger partial charge >= 0.3 is 5.97 Å². The maximum absolute atomic E-state index is 13.5. The first-order valence-corrected chi connectivity index (χ1v) is 12.3. The van der Waals surface area contributed by atoms with Gasteiger partial charge in [0.25, 0.3) is 0 Å². The van der Waals surface area contributed by atoms with Crippen molar-refractivity contribution in [1.82, 2.24) is 5.32 Å². The normalized spacial score (nSPS) is 17.5. The van der Waals surface area contributed by atoms with Crippen molar-refractivity contribution in [2.75, 3.05) is 20.3 Å². The number of allylic oxidation sites excluding steroid dienone is 3. The molecule has 2 aliphatic rings. The van der Waals surface area contributed by atoms with Crippen molar-refractivity contribution in [1.29, 1.82) is 0 Å². The third kappa shape index (κ3) is 5.40. The molecular formula is C29H33NO6. The predicted molar refractivity (Wildman–Crippen MR) is 136 cm³/mol. The second kappa shape index (κ2) is 11.3. The molecule has 1 N–H and O–H groups in total. The van der Waals surface area contributed by atoms with Crippen LogP contribution in [0.4, 0.5) is 0 Å². The Labute approximate surface area is 212 Å². The number of benzene rings is 2. The molecule has 0 saturated heterocycles. The molecule has 0 amide bonds. The van der Waals surface area contributed by atoms with Crippen LogP contribution in [0, 0.1) is 0 Å². The summed E-state index contributed by atoms with van der Waals surface area (Å²) in [5.74, 6) is 0.683. The van der Waals surface area contributed by atoms with Gasteiger partial charge in [-0.25, -0.2) is 4.79 Å². The van der Waals surface area contributed by atoms with Crippen molar-refractivity contribution >= 4 is 11.8 Å². The minimum Gasteiger partial charge on any atom is -0.493 e. The lowest BCUT2D eigenvalue weighted by Gasteiger charge is -2.35. The van der Waals surface area contributed by atoms with E-state index in [2.05, 4.69) is 5.32 Å². The first kappa shape index (κ1) is 25.4. The predicted octanol–water partition coefficient (Wildman–Crippen LogP) is 5.07. The Bertz CT molecular complexity index is 1180. The summed E-state index contributed by atoms with van der Waals surface area (Å²) in [6.45, 7) is 5.99. The quantitative estimate of drug-likeness (QED) is 0.387. The number of esters is 1. The van der Waals surface area contributed by atoms with E-state index in [-0.39, 0.29) is 25.1 Å². The van der Waals surface area contributed by atoms with E-state index in [4.69, 9.17) is 18.9 Å². The first-order valence-electron chi connectivity index (χ1n) is 12.3. The molecule has 190 valence electrons. The molecule has 0 saturated carbocycles. The second-order valence-electron chi connectivity index (χ2n) is 9.11. The zero-order valence-electron chi connectivity index (χ0n) is 21.3. The van der Waals surface area contributed by atoms with Crippen LogP contribution >= 0.6 is 0 Å². The highest BCUT2D eigenvalue weighted by atomic mass is 16.6. The number of carbonyl (C=O) groups is 2. The largest absolute Gasteiger partial charge is 0.493 e. The third-order valence-corrected chi connectivity index (χ3v) is 6.22. The van der Waals surface area contributed by atoms with E-state index in [1.807, 2.05) is 69.3 Å².